The fraction of sp³-hybridized carbons (Fsp3) is 0.545. The first-order valence-electron chi connectivity index (χ1n) is 5.73. The Morgan fingerprint density at radius 2 is 2.33 bits per heavy atom. The number of hydrogen-bond acceptors (Lipinski definition) is 4. The molecule has 1 fully saturated rings. The van der Waals surface area contributed by atoms with Crippen molar-refractivity contribution in [2.45, 2.75) is 6.10 Å². The van der Waals surface area contributed by atoms with Crippen LogP contribution in [0.25, 0.3) is 0 Å². The molecule has 2 rings (SSSR count). The molecular formula is C11H16N4O3. The van der Waals surface area contributed by atoms with Crippen LogP contribution in [-0.4, -0.2) is 59.3 Å². The zero-order chi connectivity index (χ0) is 13.1. The van der Waals surface area contributed by atoms with E-state index in [2.05, 4.69) is 10.4 Å². The van der Waals surface area contributed by atoms with Gasteiger partial charge in [0.2, 0.25) is 0 Å². The predicted molar refractivity (Wildman–Crippen MR) is 62.9 cm³/mol. The molecule has 1 saturated heterocycles. The van der Waals surface area contributed by atoms with Crippen LogP contribution in [-0.2, 0) is 16.6 Å². The van der Waals surface area contributed by atoms with E-state index in [0.29, 0.717) is 18.7 Å². The number of aryl methyl sites for hydroxylation is 1. The quantitative estimate of drug-likeness (QED) is 0.733. The number of aromatic nitrogens is 2. The number of rotatable bonds is 2. The summed E-state index contributed by atoms with van der Waals surface area (Å²) in [6.07, 6.45) is 2.59. The Morgan fingerprint density at radius 3 is 2.94 bits per heavy atom. The number of ether oxygens (including phenoxy) is 1. The van der Waals surface area contributed by atoms with E-state index in [1.807, 2.05) is 0 Å². The van der Waals surface area contributed by atoms with Gasteiger partial charge in [-0.15, -0.1) is 0 Å². The van der Waals surface area contributed by atoms with Crippen LogP contribution in [0.3, 0.4) is 0 Å². The van der Waals surface area contributed by atoms with E-state index >= 15 is 0 Å². The molecule has 7 heteroatoms. The van der Waals surface area contributed by atoms with Crippen LogP contribution in [0.2, 0.25) is 0 Å². The Kier molecular flexibility index (Phi) is 3.61. The van der Waals surface area contributed by atoms with E-state index in [-0.39, 0.29) is 18.4 Å². The zero-order valence-corrected chi connectivity index (χ0v) is 10.4. The summed E-state index contributed by atoms with van der Waals surface area (Å²) in [5.41, 5.74) is 0.523. The van der Waals surface area contributed by atoms with E-state index in [1.165, 1.54) is 6.20 Å². The normalized spacial score (nSPS) is 19.7. The Labute approximate surface area is 105 Å². The van der Waals surface area contributed by atoms with Crippen LogP contribution >= 0.6 is 0 Å². The minimum absolute atomic E-state index is 0.125. The number of carbonyl (C=O) groups is 2. The van der Waals surface area contributed by atoms with Crippen LogP contribution in [0.5, 0.6) is 0 Å². The molecule has 2 amide bonds. The first kappa shape index (κ1) is 12.6. The summed E-state index contributed by atoms with van der Waals surface area (Å²) in [5, 5.41) is 6.48. The third-order valence-corrected chi connectivity index (χ3v) is 2.84. The van der Waals surface area contributed by atoms with E-state index in [0.717, 1.165) is 0 Å². The minimum atomic E-state index is -0.593. The van der Waals surface area contributed by atoms with Crippen LogP contribution in [0.4, 0.5) is 0 Å². The maximum absolute atomic E-state index is 12.2. The van der Waals surface area contributed by atoms with Crippen molar-refractivity contribution in [2.75, 3.05) is 26.7 Å². The molecule has 0 aliphatic carbocycles. The maximum Gasteiger partial charge on any atom is 0.257 e. The predicted octanol–water partition coefficient (Wildman–Crippen LogP) is -0.993. The monoisotopic (exact) mass is 252 g/mol. The number of nitrogens with zero attached hydrogens (tertiary/aromatic N) is 3. The van der Waals surface area contributed by atoms with Gasteiger partial charge in [0.25, 0.3) is 11.8 Å². The number of morpholine rings is 1. The topological polar surface area (TPSA) is 76.5 Å². The lowest BCUT2D eigenvalue weighted by molar-refractivity contribution is -0.136. The summed E-state index contributed by atoms with van der Waals surface area (Å²) in [5.74, 6) is -0.334. The molecule has 0 radical (unpaired) electrons. The van der Waals surface area contributed by atoms with Gasteiger partial charge in [0.1, 0.15) is 0 Å². The van der Waals surface area contributed by atoms with Crippen molar-refractivity contribution in [3.63, 3.8) is 0 Å². The molecule has 98 valence electrons. The SMILES string of the molecule is CNC(=O)[C@H]1CN(C(=O)c2cnn(C)c2)CCO1. The van der Waals surface area contributed by atoms with Gasteiger partial charge < -0.3 is 15.0 Å². The first-order valence-corrected chi connectivity index (χ1v) is 5.73. The van der Waals surface area contributed by atoms with Crippen molar-refractivity contribution in [1.82, 2.24) is 20.0 Å². The smallest absolute Gasteiger partial charge is 0.257 e. The summed E-state index contributed by atoms with van der Waals surface area (Å²) in [6, 6.07) is 0. The van der Waals surface area contributed by atoms with Crippen LogP contribution in [0.15, 0.2) is 12.4 Å². The maximum atomic E-state index is 12.2. The van der Waals surface area contributed by atoms with E-state index in [9.17, 15) is 9.59 Å². The number of amides is 2. The third-order valence-electron chi connectivity index (χ3n) is 2.84. The molecule has 0 spiro atoms. The Hall–Kier alpha value is -1.89. The standard InChI is InChI=1S/C11H16N4O3/c1-12-10(16)9-7-15(3-4-18-9)11(17)8-5-13-14(2)6-8/h5-6,9H,3-4,7H2,1-2H3,(H,12,16)/t9-/m1/s1. The summed E-state index contributed by atoms with van der Waals surface area (Å²) in [7, 11) is 3.30. The van der Waals surface area contributed by atoms with Crippen molar-refractivity contribution in [3.05, 3.63) is 18.0 Å². The lowest BCUT2D eigenvalue weighted by Crippen LogP contribution is -2.51. The number of nitrogens with one attached hydrogen (secondary N) is 1. The fourth-order valence-corrected chi connectivity index (χ4v) is 1.87. The highest BCUT2D eigenvalue weighted by Gasteiger charge is 2.29. The van der Waals surface area contributed by atoms with Gasteiger partial charge in [-0.2, -0.15) is 5.10 Å². The molecule has 0 aromatic carbocycles. The minimum Gasteiger partial charge on any atom is -0.365 e. The average Bonchev–Trinajstić information content (AvgIpc) is 2.83. The molecule has 1 aromatic heterocycles. The Morgan fingerprint density at radius 1 is 1.56 bits per heavy atom. The largest absolute Gasteiger partial charge is 0.365 e. The summed E-state index contributed by atoms with van der Waals surface area (Å²) < 4.78 is 6.90. The van der Waals surface area contributed by atoms with Crippen molar-refractivity contribution in [3.8, 4) is 0 Å². The molecule has 0 saturated carbocycles. The second-order valence-corrected chi connectivity index (χ2v) is 4.13. The van der Waals surface area contributed by atoms with Gasteiger partial charge in [0.05, 0.1) is 24.9 Å². The van der Waals surface area contributed by atoms with Gasteiger partial charge >= 0.3 is 0 Å². The Bertz CT molecular complexity index is 457. The van der Waals surface area contributed by atoms with E-state index in [1.54, 1.807) is 29.9 Å². The molecule has 1 atom stereocenters. The van der Waals surface area contributed by atoms with Gasteiger partial charge in [-0.05, 0) is 0 Å². The highest BCUT2D eigenvalue weighted by Crippen LogP contribution is 2.10. The van der Waals surface area contributed by atoms with Gasteiger partial charge in [0, 0.05) is 26.8 Å². The lowest BCUT2D eigenvalue weighted by Gasteiger charge is -2.31. The van der Waals surface area contributed by atoms with Crippen LogP contribution in [0.1, 0.15) is 10.4 Å². The molecular weight excluding hydrogens is 236 g/mol. The van der Waals surface area contributed by atoms with Crippen molar-refractivity contribution < 1.29 is 14.3 Å². The summed E-state index contributed by atoms with van der Waals surface area (Å²) in [4.78, 5) is 25.3. The van der Waals surface area contributed by atoms with Gasteiger partial charge in [-0.25, -0.2) is 0 Å². The Balaban J connectivity index is 2.05. The first-order chi connectivity index (χ1) is 8.61. The molecule has 1 aromatic rings. The molecule has 1 N–H and O–H groups in total. The summed E-state index contributed by atoms with van der Waals surface area (Å²) in [6.45, 7) is 1.12. The van der Waals surface area contributed by atoms with Crippen LogP contribution < -0.4 is 5.32 Å². The van der Waals surface area contributed by atoms with E-state index < -0.39 is 6.10 Å². The van der Waals surface area contributed by atoms with Gasteiger partial charge in [-0.3, -0.25) is 14.3 Å². The highest BCUT2D eigenvalue weighted by molar-refractivity contribution is 5.94. The fourth-order valence-electron chi connectivity index (χ4n) is 1.87. The average molecular weight is 252 g/mol. The second kappa shape index (κ2) is 5.18. The number of hydrogen-bond donors (Lipinski definition) is 1. The van der Waals surface area contributed by atoms with Crippen molar-refractivity contribution in [2.24, 2.45) is 7.05 Å². The number of likely N-dealkylation sites (N-methyl/N-ethyl adjacent to an activating group) is 1. The second-order valence-electron chi connectivity index (χ2n) is 4.13. The molecule has 1 aliphatic rings. The molecule has 0 bridgehead atoms. The third kappa shape index (κ3) is 2.51. The molecule has 2 heterocycles. The lowest BCUT2D eigenvalue weighted by atomic mass is 10.2. The molecule has 0 unspecified atom stereocenters. The van der Waals surface area contributed by atoms with Crippen LogP contribution in [0, 0.1) is 0 Å². The van der Waals surface area contributed by atoms with Crippen molar-refractivity contribution >= 4 is 11.8 Å². The summed E-state index contributed by atoms with van der Waals surface area (Å²) >= 11 is 0. The van der Waals surface area contributed by atoms with Gasteiger partial charge in [-0.1, -0.05) is 0 Å². The van der Waals surface area contributed by atoms with E-state index in [4.69, 9.17) is 4.74 Å². The molecule has 18 heavy (non-hydrogen) atoms. The number of carbonyl (C=O) groups excluding carboxylic acids is 2. The van der Waals surface area contributed by atoms with Gasteiger partial charge in [0.15, 0.2) is 6.10 Å². The van der Waals surface area contributed by atoms with Crippen molar-refractivity contribution in [1.29, 1.82) is 0 Å². The highest BCUT2D eigenvalue weighted by atomic mass is 16.5. The zero-order valence-electron chi connectivity index (χ0n) is 10.4. The molecule has 7 nitrogen and oxygen atoms in total. The molecule has 1 aliphatic heterocycles.